The van der Waals surface area contributed by atoms with E-state index in [1.165, 1.54) is 29.1 Å². The molecule has 0 fully saturated rings. The van der Waals surface area contributed by atoms with Gasteiger partial charge in [0.05, 0.1) is 21.8 Å². The molecule has 0 saturated carbocycles. The molecule has 110 valence electrons. The second-order valence-electron chi connectivity index (χ2n) is 4.54. The lowest BCUT2D eigenvalue weighted by Gasteiger charge is -2.09. The van der Waals surface area contributed by atoms with Crippen LogP contribution in [0.25, 0.3) is 0 Å². The highest BCUT2D eigenvalue weighted by molar-refractivity contribution is 6.31. The van der Waals surface area contributed by atoms with Gasteiger partial charge in [0, 0.05) is 17.8 Å². The lowest BCUT2D eigenvalue weighted by molar-refractivity contribution is -0.384. The fraction of sp³-hybridized carbons (Fsp3) is 0.231. The van der Waals surface area contributed by atoms with Crippen molar-refractivity contribution < 1.29 is 9.72 Å². The van der Waals surface area contributed by atoms with Crippen molar-refractivity contribution in [2.45, 2.75) is 20.4 Å². The summed E-state index contributed by atoms with van der Waals surface area (Å²) in [6.45, 7) is 3.48. The minimum Gasteiger partial charge on any atom is -0.324 e. The topological polar surface area (TPSA) is 90.1 Å². The Morgan fingerprint density at radius 1 is 1.48 bits per heavy atom. The maximum Gasteiger partial charge on any atom is 0.269 e. The second kappa shape index (κ2) is 5.92. The summed E-state index contributed by atoms with van der Waals surface area (Å²) in [6, 6.07) is 4.26. The van der Waals surface area contributed by atoms with Crippen molar-refractivity contribution in [2.24, 2.45) is 0 Å². The Balaban J connectivity index is 2.09. The number of amides is 1. The Morgan fingerprint density at radius 3 is 2.71 bits per heavy atom. The number of anilines is 1. The molecule has 0 aliphatic heterocycles. The number of rotatable bonds is 4. The van der Waals surface area contributed by atoms with Gasteiger partial charge in [-0.15, -0.1) is 0 Å². The van der Waals surface area contributed by atoms with E-state index in [1.807, 2.05) is 0 Å². The minimum atomic E-state index is -0.478. The molecule has 8 heteroatoms. The summed E-state index contributed by atoms with van der Waals surface area (Å²) in [7, 11) is 0. The molecule has 0 aliphatic rings. The number of nitrogens with one attached hydrogen (secondary N) is 1. The van der Waals surface area contributed by atoms with Crippen molar-refractivity contribution in [3.63, 3.8) is 0 Å². The predicted octanol–water partition coefficient (Wildman–Crippen LogP) is 2.70. The van der Waals surface area contributed by atoms with E-state index in [4.69, 9.17) is 11.6 Å². The SMILES string of the molecule is Cc1cc([N+](=O)[O-])ccc1NC(=O)Cn1ncc(Cl)c1C. The maximum absolute atomic E-state index is 12.0. The number of hydrogen-bond acceptors (Lipinski definition) is 4. The monoisotopic (exact) mass is 308 g/mol. The predicted molar refractivity (Wildman–Crippen MR) is 78.4 cm³/mol. The molecule has 7 nitrogen and oxygen atoms in total. The molecule has 0 spiro atoms. The number of non-ortho nitro benzene ring substituents is 1. The van der Waals surface area contributed by atoms with E-state index < -0.39 is 4.92 Å². The summed E-state index contributed by atoms with van der Waals surface area (Å²) in [5.41, 5.74) is 1.83. The molecule has 1 amide bonds. The molecule has 0 bridgehead atoms. The molecule has 2 aromatic rings. The quantitative estimate of drug-likeness (QED) is 0.694. The Kier molecular flexibility index (Phi) is 4.23. The number of carbonyl (C=O) groups is 1. The summed E-state index contributed by atoms with van der Waals surface area (Å²) in [6.07, 6.45) is 1.47. The standard InChI is InChI=1S/C13H13ClN4O3/c1-8-5-10(18(20)21)3-4-12(8)16-13(19)7-17-9(2)11(14)6-15-17/h3-6H,7H2,1-2H3,(H,16,19). The third-order valence-electron chi connectivity index (χ3n) is 3.03. The summed E-state index contributed by atoms with van der Waals surface area (Å²) in [4.78, 5) is 22.1. The van der Waals surface area contributed by atoms with Crippen LogP contribution < -0.4 is 5.32 Å². The molecule has 0 unspecified atom stereocenters. The Labute approximate surface area is 125 Å². The molecule has 1 N–H and O–H groups in total. The number of nitrogens with zero attached hydrogens (tertiary/aromatic N) is 3. The first-order chi connectivity index (χ1) is 9.88. The highest BCUT2D eigenvalue weighted by Gasteiger charge is 2.12. The van der Waals surface area contributed by atoms with Crippen LogP contribution in [0.4, 0.5) is 11.4 Å². The largest absolute Gasteiger partial charge is 0.324 e. The van der Waals surface area contributed by atoms with Crippen molar-refractivity contribution in [2.75, 3.05) is 5.32 Å². The normalized spacial score (nSPS) is 10.4. The summed E-state index contributed by atoms with van der Waals surface area (Å²) in [5.74, 6) is -0.283. The van der Waals surface area contributed by atoms with E-state index in [2.05, 4.69) is 10.4 Å². The van der Waals surface area contributed by atoms with Crippen LogP contribution in [0.5, 0.6) is 0 Å². The molecular formula is C13H13ClN4O3. The third-order valence-corrected chi connectivity index (χ3v) is 3.40. The lowest BCUT2D eigenvalue weighted by Crippen LogP contribution is -2.20. The van der Waals surface area contributed by atoms with E-state index in [9.17, 15) is 14.9 Å². The molecular weight excluding hydrogens is 296 g/mol. The molecule has 0 atom stereocenters. The van der Waals surface area contributed by atoms with Crippen molar-refractivity contribution >= 4 is 28.9 Å². The first-order valence-electron chi connectivity index (χ1n) is 6.11. The Bertz CT molecular complexity index is 711. The number of halogens is 1. The smallest absolute Gasteiger partial charge is 0.269 e. The van der Waals surface area contributed by atoms with Crippen LogP contribution in [0.3, 0.4) is 0 Å². The van der Waals surface area contributed by atoms with Gasteiger partial charge in [0.15, 0.2) is 0 Å². The lowest BCUT2D eigenvalue weighted by atomic mass is 10.2. The molecule has 2 rings (SSSR count). The van der Waals surface area contributed by atoms with E-state index in [1.54, 1.807) is 13.8 Å². The fourth-order valence-corrected chi connectivity index (χ4v) is 1.95. The Morgan fingerprint density at radius 2 is 2.19 bits per heavy atom. The first-order valence-corrected chi connectivity index (χ1v) is 6.49. The van der Waals surface area contributed by atoms with Crippen LogP contribution in [-0.2, 0) is 11.3 Å². The molecule has 0 saturated heterocycles. The number of nitro groups is 1. The zero-order valence-corrected chi connectivity index (χ0v) is 12.2. The number of hydrogen-bond donors (Lipinski definition) is 1. The zero-order valence-electron chi connectivity index (χ0n) is 11.5. The van der Waals surface area contributed by atoms with Crippen molar-refractivity contribution in [3.8, 4) is 0 Å². The number of carbonyl (C=O) groups excluding carboxylic acids is 1. The van der Waals surface area contributed by atoms with E-state index in [-0.39, 0.29) is 18.1 Å². The average Bonchev–Trinajstić information content (AvgIpc) is 2.73. The van der Waals surface area contributed by atoms with Crippen LogP contribution in [0.15, 0.2) is 24.4 Å². The summed E-state index contributed by atoms with van der Waals surface area (Å²) in [5, 5.41) is 17.8. The van der Waals surface area contributed by atoms with Gasteiger partial charge in [0.25, 0.3) is 5.69 Å². The van der Waals surface area contributed by atoms with E-state index >= 15 is 0 Å². The number of benzene rings is 1. The van der Waals surface area contributed by atoms with Gasteiger partial charge in [0.2, 0.25) is 5.91 Å². The number of aromatic nitrogens is 2. The molecule has 0 aliphatic carbocycles. The van der Waals surface area contributed by atoms with Crippen LogP contribution in [-0.4, -0.2) is 20.6 Å². The summed E-state index contributed by atoms with van der Waals surface area (Å²) < 4.78 is 1.48. The van der Waals surface area contributed by atoms with Crippen LogP contribution in [0.1, 0.15) is 11.3 Å². The Hall–Kier alpha value is -2.41. The maximum atomic E-state index is 12.0. The van der Waals surface area contributed by atoms with Gasteiger partial charge in [-0.2, -0.15) is 5.10 Å². The van der Waals surface area contributed by atoms with Gasteiger partial charge in [-0.3, -0.25) is 19.6 Å². The van der Waals surface area contributed by atoms with Gasteiger partial charge in [0.1, 0.15) is 6.54 Å². The van der Waals surface area contributed by atoms with Crippen molar-refractivity contribution in [1.29, 1.82) is 0 Å². The number of nitro benzene ring substituents is 1. The first kappa shape index (κ1) is 15.0. The van der Waals surface area contributed by atoms with Crippen LogP contribution in [0, 0.1) is 24.0 Å². The number of aryl methyl sites for hydroxylation is 1. The van der Waals surface area contributed by atoms with E-state index in [0.29, 0.717) is 22.0 Å². The minimum absolute atomic E-state index is 0.0137. The van der Waals surface area contributed by atoms with Gasteiger partial charge in [-0.05, 0) is 25.5 Å². The molecule has 1 aromatic heterocycles. The molecule has 1 heterocycles. The highest BCUT2D eigenvalue weighted by Crippen LogP contribution is 2.21. The summed E-state index contributed by atoms with van der Waals surface area (Å²) >= 11 is 5.87. The fourth-order valence-electron chi connectivity index (χ4n) is 1.81. The highest BCUT2D eigenvalue weighted by atomic mass is 35.5. The molecule has 21 heavy (non-hydrogen) atoms. The third kappa shape index (κ3) is 3.38. The van der Waals surface area contributed by atoms with E-state index in [0.717, 1.165) is 0 Å². The van der Waals surface area contributed by atoms with Gasteiger partial charge in [-0.1, -0.05) is 11.6 Å². The van der Waals surface area contributed by atoms with Crippen LogP contribution >= 0.6 is 11.6 Å². The van der Waals surface area contributed by atoms with Crippen LogP contribution in [0.2, 0.25) is 5.02 Å². The van der Waals surface area contributed by atoms with Gasteiger partial charge < -0.3 is 5.32 Å². The molecule has 1 aromatic carbocycles. The second-order valence-corrected chi connectivity index (χ2v) is 4.95. The van der Waals surface area contributed by atoms with Crippen molar-refractivity contribution in [3.05, 3.63) is 50.8 Å². The van der Waals surface area contributed by atoms with Gasteiger partial charge >= 0.3 is 0 Å². The van der Waals surface area contributed by atoms with Gasteiger partial charge in [-0.25, -0.2) is 0 Å². The zero-order chi connectivity index (χ0) is 15.6. The molecule has 0 radical (unpaired) electrons. The van der Waals surface area contributed by atoms with Crippen molar-refractivity contribution in [1.82, 2.24) is 9.78 Å². The average molecular weight is 309 g/mol.